The summed E-state index contributed by atoms with van der Waals surface area (Å²) < 4.78 is 17.7. The van der Waals surface area contributed by atoms with Crippen LogP contribution in [0.5, 0.6) is 0 Å². The SMILES string of the molecule is Cc1onc(C(=O)NCCc2ccc(F)cc2)c1C. The molecule has 0 unspecified atom stereocenters. The maximum atomic E-state index is 12.7. The van der Waals surface area contributed by atoms with Crippen LogP contribution in [0.4, 0.5) is 4.39 Å². The summed E-state index contributed by atoms with van der Waals surface area (Å²) in [7, 11) is 0. The molecule has 0 atom stereocenters. The van der Waals surface area contributed by atoms with Crippen molar-refractivity contribution < 1.29 is 13.7 Å². The summed E-state index contributed by atoms with van der Waals surface area (Å²) in [6.45, 7) is 4.02. The van der Waals surface area contributed by atoms with Gasteiger partial charge in [-0.05, 0) is 38.0 Å². The number of hydrogen-bond acceptors (Lipinski definition) is 3. The Hall–Kier alpha value is -2.17. The van der Waals surface area contributed by atoms with E-state index >= 15 is 0 Å². The van der Waals surface area contributed by atoms with E-state index in [1.165, 1.54) is 12.1 Å². The minimum atomic E-state index is -0.263. The summed E-state index contributed by atoms with van der Waals surface area (Å²) in [6.07, 6.45) is 0.641. The molecule has 0 aliphatic heterocycles. The Morgan fingerprint density at radius 2 is 2.00 bits per heavy atom. The molecule has 1 aromatic heterocycles. The van der Waals surface area contributed by atoms with Crippen LogP contribution < -0.4 is 5.32 Å². The van der Waals surface area contributed by atoms with Crippen molar-refractivity contribution in [3.05, 3.63) is 52.7 Å². The van der Waals surface area contributed by atoms with Gasteiger partial charge < -0.3 is 9.84 Å². The van der Waals surface area contributed by atoms with Gasteiger partial charge in [0.2, 0.25) is 0 Å². The molecule has 0 aliphatic rings. The van der Waals surface area contributed by atoms with Crippen molar-refractivity contribution in [3.63, 3.8) is 0 Å². The fourth-order valence-electron chi connectivity index (χ4n) is 1.68. The third kappa shape index (κ3) is 3.19. The largest absolute Gasteiger partial charge is 0.361 e. The first-order chi connectivity index (χ1) is 9.08. The molecule has 0 bridgehead atoms. The summed E-state index contributed by atoms with van der Waals surface area (Å²) in [6, 6.07) is 6.21. The third-order valence-electron chi connectivity index (χ3n) is 2.98. The van der Waals surface area contributed by atoms with Gasteiger partial charge in [0.05, 0.1) is 0 Å². The molecule has 1 heterocycles. The minimum Gasteiger partial charge on any atom is -0.361 e. The second kappa shape index (κ2) is 5.65. The second-order valence-corrected chi connectivity index (χ2v) is 4.34. The number of benzene rings is 1. The molecule has 1 amide bonds. The van der Waals surface area contributed by atoms with Gasteiger partial charge >= 0.3 is 0 Å². The van der Waals surface area contributed by atoms with Crippen molar-refractivity contribution in [2.75, 3.05) is 6.54 Å². The first-order valence-corrected chi connectivity index (χ1v) is 6.03. The highest BCUT2D eigenvalue weighted by molar-refractivity contribution is 5.93. The molecule has 1 N–H and O–H groups in total. The molecule has 0 fully saturated rings. The number of halogens is 1. The average Bonchev–Trinajstić information content (AvgIpc) is 2.72. The average molecular weight is 262 g/mol. The smallest absolute Gasteiger partial charge is 0.273 e. The number of nitrogens with zero attached hydrogens (tertiary/aromatic N) is 1. The summed E-state index contributed by atoms with van der Waals surface area (Å²) in [5.74, 6) is 0.127. The number of aryl methyl sites for hydroxylation is 1. The molecule has 5 heteroatoms. The van der Waals surface area contributed by atoms with Crippen LogP contribution in [0.15, 0.2) is 28.8 Å². The van der Waals surface area contributed by atoms with Crippen molar-refractivity contribution in [1.82, 2.24) is 10.5 Å². The van der Waals surface area contributed by atoms with Gasteiger partial charge in [-0.1, -0.05) is 17.3 Å². The first-order valence-electron chi connectivity index (χ1n) is 6.03. The van der Waals surface area contributed by atoms with E-state index in [-0.39, 0.29) is 11.7 Å². The van der Waals surface area contributed by atoms with Crippen LogP contribution in [-0.4, -0.2) is 17.6 Å². The van der Waals surface area contributed by atoms with Gasteiger partial charge in [0, 0.05) is 12.1 Å². The highest BCUT2D eigenvalue weighted by Gasteiger charge is 2.15. The highest BCUT2D eigenvalue weighted by atomic mass is 19.1. The van der Waals surface area contributed by atoms with E-state index < -0.39 is 0 Å². The van der Waals surface area contributed by atoms with E-state index in [1.54, 1.807) is 26.0 Å². The Kier molecular flexibility index (Phi) is 3.94. The van der Waals surface area contributed by atoms with Crippen LogP contribution in [0.25, 0.3) is 0 Å². The minimum absolute atomic E-state index is 0.253. The van der Waals surface area contributed by atoms with Crippen molar-refractivity contribution in [3.8, 4) is 0 Å². The molecule has 2 aromatic rings. The van der Waals surface area contributed by atoms with E-state index in [4.69, 9.17) is 4.52 Å². The monoisotopic (exact) mass is 262 g/mol. The molecule has 100 valence electrons. The topological polar surface area (TPSA) is 55.1 Å². The highest BCUT2D eigenvalue weighted by Crippen LogP contribution is 2.11. The van der Waals surface area contributed by atoms with Crippen LogP contribution in [0.1, 0.15) is 27.4 Å². The number of carbonyl (C=O) groups is 1. The van der Waals surface area contributed by atoms with Crippen LogP contribution in [-0.2, 0) is 6.42 Å². The van der Waals surface area contributed by atoms with Crippen molar-refractivity contribution in [2.24, 2.45) is 0 Å². The number of nitrogens with one attached hydrogen (secondary N) is 1. The zero-order valence-electron chi connectivity index (χ0n) is 10.9. The second-order valence-electron chi connectivity index (χ2n) is 4.34. The summed E-state index contributed by atoms with van der Waals surface area (Å²) in [5.41, 5.74) is 2.03. The van der Waals surface area contributed by atoms with Gasteiger partial charge in [0.1, 0.15) is 11.6 Å². The van der Waals surface area contributed by atoms with Crippen molar-refractivity contribution in [2.45, 2.75) is 20.3 Å². The van der Waals surface area contributed by atoms with Gasteiger partial charge in [0.25, 0.3) is 5.91 Å². The maximum Gasteiger partial charge on any atom is 0.273 e. The molecule has 2 rings (SSSR count). The lowest BCUT2D eigenvalue weighted by Gasteiger charge is -2.04. The molecule has 19 heavy (non-hydrogen) atoms. The molecule has 4 nitrogen and oxygen atoms in total. The Labute approximate surface area is 110 Å². The first kappa shape index (κ1) is 13.3. The van der Waals surface area contributed by atoms with Crippen molar-refractivity contribution in [1.29, 1.82) is 0 Å². The lowest BCUT2D eigenvalue weighted by atomic mass is 10.1. The molecular weight excluding hydrogens is 247 g/mol. The molecule has 0 radical (unpaired) electrons. The fraction of sp³-hybridized carbons (Fsp3) is 0.286. The van der Waals surface area contributed by atoms with Gasteiger partial charge in [-0.2, -0.15) is 0 Å². The number of rotatable bonds is 4. The Balaban J connectivity index is 1.87. The summed E-state index contributed by atoms with van der Waals surface area (Å²) >= 11 is 0. The van der Waals surface area contributed by atoms with E-state index in [0.717, 1.165) is 11.1 Å². The quantitative estimate of drug-likeness (QED) is 0.920. The normalized spacial score (nSPS) is 10.5. The van der Waals surface area contributed by atoms with Gasteiger partial charge in [0.15, 0.2) is 5.69 Å². The lowest BCUT2D eigenvalue weighted by molar-refractivity contribution is 0.0944. The van der Waals surface area contributed by atoms with E-state index in [2.05, 4.69) is 10.5 Å². The van der Waals surface area contributed by atoms with E-state index in [9.17, 15) is 9.18 Å². The molecule has 0 saturated carbocycles. The Morgan fingerprint density at radius 3 is 2.58 bits per heavy atom. The number of carbonyl (C=O) groups excluding carboxylic acids is 1. The third-order valence-corrected chi connectivity index (χ3v) is 2.98. The standard InChI is InChI=1S/C14H15FN2O2/c1-9-10(2)19-17-13(9)14(18)16-8-7-11-3-5-12(15)6-4-11/h3-6H,7-8H2,1-2H3,(H,16,18). The Bertz CT molecular complexity index is 576. The molecule has 0 saturated heterocycles. The number of amides is 1. The number of aromatic nitrogens is 1. The predicted molar refractivity (Wildman–Crippen MR) is 68.4 cm³/mol. The maximum absolute atomic E-state index is 12.7. The van der Waals surface area contributed by atoms with Gasteiger partial charge in [-0.3, -0.25) is 4.79 Å². The van der Waals surface area contributed by atoms with Crippen molar-refractivity contribution >= 4 is 5.91 Å². The zero-order chi connectivity index (χ0) is 13.8. The van der Waals surface area contributed by atoms with Gasteiger partial charge in [-0.25, -0.2) is 4.39 Å². The van der Waals surface area contributed by atoms with E-state index in [0.29, 0.717) is 24.4 Å². The Morgan fingerprint density at radius 1 is 1.32 bits per heavy atom. The zero-order valence-corrected chi connectivity index (χ0v) is 10.9. The van der Waals surface area contributed by atoms with Gasteiger partial charge in [-0.15, -0.1) is 0 Å². The summed E-state index contributed by atoms with van der Waals surface area (Å²) in [4.78, 5) is 11.8. The molecular formula is C14H15FN2O2. The number of hydrogen-bond donors (Lipinski definition) is 1. The fourth-order valence-corrected chi connectivity index (χ4v) is 1.68. The molecule has 1 aromatic carbocycles. The van der Waals surface area contributed by atoms with E-state index in [1.807, 2.05) is 0 Å². The van der Waals surface area contributed by atoms with Crippen LogP contribution in [0, 0.1) is 19.7 Å². The predicted octanol–water partition coefficient (Wildman–Crippen LogP) is 2.40. The lowest BCUT2D eigenvalue weighted by Crippen LogP contribution is -2.26. The summed E-state index contributed by atoms with van der Waals surface area (Å²) in [5, 5.41) is 6.48. The molecule has 0 aliphatic carbocycles. The van der Waals surface area contributed by atoms with Crippen LogP contribution >= 0.6 is 0 Å². The van der Waals surface area contributed by atoms with Crippen LogP contribution in [0.3, 0.4) is 0 Å². The van der Waals surface area contributed by atoms with Crippen LogP contribution in [0.2, 0.25) is 0 Å². The molecule has 0 spiro atoms.